The number of benzene rings is 1. The molecule has 2 aromatic rings. The second kappa shape index (κ2) is 6.37. The number of carbonyl (C=O) groups excluding carboxylic acids is 1. The molecule has 0 aliphatic carbocycles. The van der Waals surface area contributed by atoms with Gasteiger partial charge in [0.1, 0.15) is 11.2 Å². The smallest absolute Gasteiger partial charge is 0.289 e. The molecule has 0 unspecified atom stereocenters. The molecule has 2 aliphatic rings. The van der Waals surface area contributed by atoms with Crippen LogP contribution in [-0.2, 0) is 14.8 Å². The molecule has 8 heteroatoms. The predicted molar refractivity (Wildman–Crippen MR) is 96.4 cm³/mol. The third-order valence-corrected chi connectivity index (χ3v) is 5.84. The van der Waals surface area contributed by atoms with Crippen LogP contribution in [0.25, 0.3) is 11.0 Å². The van der Waals surface area contributed by atoms with E-state index >= 15 is 0 Å². The van der Waals surface area contributed by atoms with Crippen LogP contribution < -0.4 is 4.72 Å². The van der Waals surface area contributed by atoms with Gasteiger partial charge in [0.2, 0.25) is 10.0 Å². The SMILES string of the molecule is CS(=O)(=O)NC[C@H]1CCC2(CN(C(=O)c3cc4ccccc4o3)C2)OC1. The predicted octanol–water partition coefficient (Wildman–Crippen LogP) is 1.60. The minimum Gasteiger partial charge on any atom is -0.451 e. The Morgan fingerprint density at radius 1 is 1.35 bits per heavy atom. The largest absolute Gasteiger partial charge is 0.451 e. The first-order valence-corrected chi connectivity index (χ1v) is 10.6. The number of nitrogens with one attached hydrogen (secondary N) is 1. The number of hydrogen-bond donors (Lipinski definition) is 1. The lowest BCUT2D eigenvalue weighted by molar-refractivity contribution is -0.166. The molecule has 1 atom stereocenters. The molecule has 2 saturated heterocycles. The van der Waals surface area contributed by atoms with E-state index in [0.29, 0.717) is 37.6 Å². The lowest BCUT2D eigenvalue weighted by atomic mass is 9.83. The molecule has 0 radical (unpaired) electrons. The van der Waals surface area contributed by atoms with Crippen LogP contribution in [0.1, 0.15) is 23.4 Å². The highest BCUT2D eigenvalue weighted by Gasteiger charge is 2.49. The van der Waals surface area contributed by atoms with E-state index in [1.54, 1.807) is 11.0 Å². The monoisotopic (exact) mass is 378 g/mol. The number of para-hydroxylation sites is 1. The number of sulfonamides is 1. The lowest BCUT2D eigenvalue weighted by Gasteiger charge is -2.52. The van der Waals surface area contributed by atoms with Gasteiger partial charge in [-0.1, -0.05) is 18.2 Å². The van der Waals surface area contributed by atoms with Crippen molar-refractivity contribution in [3.05, 3.63) is 36.1 Å². The Bertz CT molecular complexity index is 887. The number of carbonyl (C=O) groups is 1. The normalized spacial score (nSPS) is 22.5. The molecule has 0 saturated carbocycles. The fraction of sp³-hybridized carbons (Fsp3) is 0.500. The van der Waals surface area contributed by atoms with Gasteiger partial charge in [-0.15, -0.1) is 0 Å². The average molecular weight is 378 g/mol. The van der Waals surface area contributed by atoms with E-state index in [9.17, 15) is 13.2 Å². The van der Waals surface area contributed by atoms with Gasteiger partial charge in [-0.2, -0.15) is 0 Å². The van der Waals surface area contributed by atoms with E-state index in [4.69, 9.17) is 9.15 Å². The van der Waals surface area contributed by atoms with E-state index < -0.39 is 10.0 Å². The maximum absolute atomic E-state index is 12.6. The van der Waals surface area contributed by atoms with Crippen LogP contribution in [0.2, 0.25) is 0 Å². The Balaban J connectivity index is 1.32. The van der Waals surface area contributed by atoms with Crippen molar-refractivity contribution in [1.82, 2.24) is 9.62 Å². The maximum atomic E-state index is 12.6. The number of rotatable bonds is 4. The van der Waals surface area contributed by atoms with Crippen molar-refractivity contribution in [3.63, 3.8) is 0 Å². The lowest BCUT2D eigenvalue weighted by Crippen LogP contribution is -2.66. The van der Waals surface area contributed by atoms with E-state index in [-0.39, 0.29) is 17.4 Å². The van der Waals surface area contributed by atoms with Gasteiger partial charge in [-0.05, 0) is 30.9 Å². The Kier molecular flexibility index (Phi) is 4.29. The average Bonchev–Trinajstić information content (AvgIpc) is 3.01. The molecule has 4 rings (SSSR count). The second-order valence-electron chi connectivity index (χ2n) is 7.33. The molecule has 140 valence electrons. The highest BCUT2D eigenvalue weighted by molar-refractivity contribution is 7.88. The molecule has 26 heavy (non-hydrogen) atoms. The van der Waals surface area contributed by atoms with Gasteiger partial charge in [0.05, 0.1) is 26.0 Å². The third kappa shape index (κ3) is 3.49. The summed E-state index contributed by atoms with van der Waals surface area (Å²) < 4.78 is 36.5. The summed E-state index contributed by atoms with van der Waals surface area (Å²) >= 11 is 0. The summed E-state index contributed by atoms with van der Waals surface area (Å²) in [4.78, 5) is 14.3. The number of ether oxygens (including phenoxy) is 1. The highest BCUT2D eigenvalue weighted by Crippen LogP contribution is 2.37. The van der Waals surface area contributed by atoms with Crippen LogP contribution in [0, 0.1) is 5.92 Å². The van der Waals surface area contributed by atoms with Crippen LogP contribution >= 0.6 is 0 Å². The van der Waals surface area contributed by atoms with E-state index in [1.807, 2.05) is 24.3 Å². The standard InChI is InChI=1S/C18H22N2O5S/c1-26(22,23)19-9-13-6-7-18(24-10-13)11-20(12-18)17(21)16-8-14-4-2-3-5-15(14)25-16/h2-5,8,13,19H,6-7,9-12H2,1H3/t13-/m1/s1. The van der Waals surface area contributed by atoms with Gasteiger partial charge in [-0.25, -0.2) is 13.1 Å². The molecule has 0 bridgehead atoms. The number of likely N-dealkylation sites (tertiary alicyclic amines) is 1. The summed E-state index contributed by atoms with van der Waals surface area (Å²) in [6, 6.07) is 9.33. The van der Waals surface area contributed by atoms with Crippen molar-refractivity contribution in [2.75, 3.05) is 32.5 Å². The van der Waals surface area contributed by atoms with Gasteiger partial charge in [0.15, 0.2) is 5.76 Å². The molecule has 1 spiro atoms. The number of nitrogens with zero attached hydrogens (tertiary/aromatic N) is 1. The zero-order chi connectivity index (χ0) is 18.4. The van der Waals surface area contributed by atoms with Crippen molar-refractivity contribution < 1.29 is 22.4 Å². The summed E-state index contributed by atoms with van der Waals surface area (Å²) in [6.45, 7) is 2.01. The van der Waals surface area contributed by atoms with Crippen LogP contribution in [0.15, 0.2) is 34.7 Å². The zero-order valence-electron chi connectivity index (χ0n) is 14.6. The zero-order valence-corrected chi connectivity index (χ0v) is 15.4. The van der Waals surface area contributed by atoms with Crippen molar-refractivity contribution >= 4 is 26.9 Å². The summed E-state index contributed by atoms with van der Waals surface area (Å²) in [6.07, 6.45) is 2.87. The van der Waals surface area contributed by atoms with E-state index in [0.717, 1.165) is 24.5 Å². The maximum Gasteiger partial charge on any atom is 0.289 e. The molecule has 7 nitrogen and oxygen atoms in total. The fourth-order valence-corrected chi connectivity index (χ4v) is 4.17. The molecular weight excluding hydrogens is 356 g/mol. The molecule has 1 amide bonds. The van der Waals surface area contributed by atoms with Crippen molar-refractivity contribution in [2.24, 2.45) is 5.92 Å². The topological polar surface area (TPSA) is 88.9 Å². The number of fused-ring (bicyclic) bond motifs is 1. The van der Waals surface area contributed by atoms with E-state index in [2.05, 4.69) is 4.72 Å². The molecule has 1 aromatic heterocycles. The first-order chi connectivity index (χ1) is 12.3. The highest BCUT2D eigenvalue weighted by atomic mass is 32.2. The van der Waals surface area contributed by atoms with Gasteiger partial charge in [0, 0.05) is 11.9 Å². The second-order valence-corrected chi connectivity index (χ2v) is 9.16. The molecular formula is C18H22N2O5S. The Morgan fingerprint density at radius 2 is 2.12 bits per heavy atom. The minimum absolute atomic E-state index is 0.115. The van der Waals surface area contributed by atoms with Gasteiger partial charge in [0.25, 0.3) is 5.91 Å². The third-order valence-electron chi connectivity index (χ3n) is 5.15. The summed E-state index contributed by atoms with van der Waals surface area (Å²) in [5, 5.41) is 0.918. The van der Waals surface area contributed by atoms with Gasteiger partial charge in [-0.3, -0.25) is 4.79 Å². The van der Waals surface area contributed by atoms with Crippen LogP contribution in [0.4, 0.5) is 0 Å². The summed E-state index contributed by atoms with van der Waals surface area (Å²) in [5.74, 6) is 0.416. The van der Waals surface area contributed by atoms with Crippen molar-refractivity contribution in [1.29, 1.82) is 0 Å². The van der Waals surface area contributed by atoms with E-state index in [1.165, 1.54) is 0 Å². The van der Waals surface area contributed by atoms with Crippen molar-refractivity contribution in [2.45, 2.75) is 18.4 Å². The minimum atomic E-state index is -3.17. The van der Waals surface area contributed by atoms with Crippen LogP contribution in [0.5, 0.6) is 0 Å². The number of furan rings is 1. The van der Waals surface area contributed by atoms with Gasteiger partial charge >= 0.3 is 0 Å². The van der Waals surface area contributed by atoms with Crippen LogP contribution in [0.3, 0.4) is 0 Å². The quantitative estimate of drug-likeness (QED) is 0.873. The molecule has 1 aromatic carbocycles. The number of hydrogen-bond acceptors (Lipinski definition) is 5. The Morgan fingerprint density at radius 3 is 2.77 bits per heavy atom. The summed E-state index contributed by atoms with van der Waals surface area (Å²) in [7, 11) is -3.17. The molecule has 2 fully saturated rings. The summed E-state index contributed by atoms with van der Waals surface area (Å²) in [5.41, 5.74) is 0.421. The number of amides is 1. The Labute approximate surface area is 152 Å². The fourth-order valence-electron chi connectivity index (χ4n) is 3.63. The molecule has 2 aliphatic heterocycles. The van der Waals surface area contributed by atoms with Gasteiger partial charge < -0.3 is 14.1 Å². The van der Waals surface area contributed by atoms with Crippen molar-refractivity contribution in [3.8, 4) is 0 Å². The molecule has 1 N–H and O–H groups in total. The first-order valence-electron chi connectivity index (χ1n) is 8.70. The van der Waals surface area contributed by atoms with Crippen LogP contribution in [-0.4, -0.2) is 57.3 Å². The molecule has 3 heterocycles. The Hall–Kier alpha value is -1.90. The first kappa shape index (κ1) is 17.5.